The quantitative estimate of drug-likeness (QED) is 0.309. The molecule has 3 aromatic rings. The lowest BCUT2D eigenvalue weighted by Crippen LogP contribution is -2.31. The first kappa shape index (κ1) is 22.3. The average Bonchev–Trinajstić information content (AvgIpc) is 3.23. The summed E-state index contributed by atoms with van der Waals surface area (Å²) in [5.74, 6) is 0.301. The number of allylic oxidation sites excluding steroid dienone is 1. The number of fused-ring (bicyclic) bond motifs is 1. The van der Waals surface area contributed by atoms with Crippen molar-refractivity contribution in [2.24, 2.45) is 11.1 Å². The van der Waals surface area contributed by atoms with Gasteiger partial charge >= 0.3 is 0 Å². The maximum Gasteiger partial charge on any atom is 0.117 e. The lowest BCUT2D eigenvalue weighted by molar-refractivity contribution is 0.305. The number of hydrogen-bond acceptors (Lipinski definition) is 5. The minimum atomic E-state index is -0.320. The maximum atomic E-state index is 9.74. The molecule has 1 heterocycles. The number of aromatic nitrogens is 2. The van der Waals surface area contributed by atoms with Gasteiger partial charge in [0.2, 0.25) is 0 Å². The van der Waals surface area contributed by atoms with Crippen molar-refractivity contribution >= 4 is 23.2 Å². The fourth-order valence-electron chi connectivity index (χ4n) is 5.14. The summed E-state index contributed by atoms with van der Waals surface area (Å²) >= 11 is 0. The number of hydrogen-bond donors (Lipinski definition) is 2. The van der Waals surface area contributed by atoms with Gasteiger partial charge in [-0.3, -0.25) is 5.10 Å². The molecule has 1 fully saturated rings. The summed E-state index contributed by atoms with van der Waals surface area (Å²) in [6, 6.07) is 17.7. The molecule has 2 aliphatic carbocycles. The summed E-state index contributed by atoms with van der Waals surface area (Å²) < 4.78 is 0. The van der Waals surface area contributed by atoms with Crippen molar-refractivity contribution < 1.29 is 5.21 Å². The van der Waals surface area contributed by atoms with Crippen LogP contribution in [0.15, 0.2) is 59.8 Å². The molecule has 0 bridgehead atoms. The molecule has 6 heteroatoms. The third-order valence-electron chi connectivity index (χ3n) is 7.51. The number of nitrogens with one attached hydrogen (secondary N) is 1. The average molecular weight is 456 g/mol. The number of rotatable bonds is 6. The van der Waals surface area contributed by atoms with E-state index >= 15 is 0 Å². The number of anilines is 2. The highest BCUT2D eigenvalue weighted by Crippen LogP contribution is 2.43. The second-order valence-electron chi connectivity index (χ2n) is 9.94. The summed E-state index contributed by atoms with van der Waals surface area (Å²) in [6.45, 7) is 0. The van der Waals surface area contributed by atoms with E-state index in [0.29, 0.717) is 11.6 Å². The van der Waals surface area contributed by atoms with Gasteiger partial charge in [0.05, 0.1) is 0 Å². The topological polar surface area (TPSA) is 67.8 Å². The van der Waals surface area contributed by atoms with E-state index in [9.17, 15) is 5.21 Å². The van der Waals surface area contributed by atoms with Gasteiger partial charge in [-0.1, -0.05) is 48.0 Å². The minimum Gasteiger partial charge on any atom is -0.411 e. The highest BCUT2D eigenvalue weighted by molar-refractivity contribution is 6.04. The van der Waals surface area contributed by atoms with E-state index in [2.05, 4.69) is 114 Å². The Morgan fingerprint density at radius 2 is 1.50 bits per heavy atom. The summed E-state index contributed by atoms with van der Waals surface area (Å²) in [4.78, 5) is 4.24. The van der Waals surface area contributed by atoms with Gasteiger partial charge in [0.15, 0.2) is 0 Å². The van der Waals surface area contributed by atoms with Crippen LogP contribution in [0.5, 0.6) is 0 Å². The van der Waals surface area contributed by atoms with E-state index < -0.39 is 0 Å². The first-order valence-electron chi connectivity index (χ1n) is 12.0. The van der Waals surface area contributed by atoms with Crippen molar-refractivity contribution in [1.82, 2.24) is 10.2 Å². The molecule has 5 rings (SSSR count). The fourth-order valence-corrected chi connectivity index (χ4v) is 5.14. The van der Waals surface area contributed by atoms with Crippen LogP contribution in [0.25, 0.3) is 6.08 Å². The molecule has 0 spiro atoms. The molecular formula is C28H33N5O. The Balaban J connectivity index is 1.59. The lowest BCUT2D eigenvalue weighted by Gasteiger charge is -2.35. The first-order chi connectivity index (χ1) is 16.4. The Bertz CT molecular complexity index is 1160. The number of nitrogens with zero attached hydrogens (tertiary/aromatic N) is 4. The SMILES string of the molecule is CN(C)c1ccc(C2(c3ccc(N(C)C)cc3)C=Cc3c(/C(=N/O)C4CCC4)n[nH]c3C2)cc1. The summed E-state index contributed by atoms with van der Waals surface area (Å²) in [6.07, 6.45) is 8.54. The van der Waals surface area contributed by atoms with Gasteiger partial charge in [0.25, 0.3) is 0 Å². The molecule has 0 radical (unpaired) electrons. The zero-order valence-corrected chi connectivity index (χ0v) is 20.4. The number of benzene rings is 2. The number of H-pyrrole nitrogens is 1. The Labute approximate surface area is 201 Å². The van der Waals surface area contributed by atoms with E-state index in [-0.39, 0.29) is 5.41 Å². The van der Waals surface area contributed by atoms with E-state index in [1.54, 1.807) is 0 Å². The molecule has 2 aliphatic rings. The van der Waals surface area contributed by atoms with Crippen LogP contribution in [0.1, 0.15) is 47.3 Å². The molecule has 1 aromatic heterocycles. The van der Waals surface area contributed by atoms with Gasteiger partial charge in [-0.2, -0.15) is 5.10 Å². The third kappa shape index (κ3) is 3.67. The van der Waals surface area contributed by atoms with Crippen molar-refractivity contribution in [2.75, 3.05) is 38.0 Å². The van der Waals surface area contributed by atoms with Gasteiger partial charge in [0, 0.05) is 68.6 Å². The Kier molecular flexibility index (Phi) is 5.68. The third-order valence-corrected chi connectivity index (χ3v) is 7.51. The normalized spacial score (nSPS) is 17.2. The molecule has 0 atom stereocenters. The van der Waals surface area contributed by atoms with Gasteiger partial charge in [-0.15, -0.1) is 0 Å². The molecule has 6 nitrogen and oxygen atoms in total. The maximum absolute atomic E-state index is 9.74. The molecule has 2 aromatic carbocycles. The van der Waals surface area contributed by atoms with Crippen LogP contribution >= 0.6 is 0 Å². The fraction of sp³-hybridized carbons (Fsp3) is 0.357. The second kappa shape index (κ2) is 8.67. The van der Waals surface area contributed by atoms with E-state index in [4.69, 9.17) is 0 Å². The smallest absolute Gasteiger partial charge is 0.117 e. The van der Waals surface area contributed by atoms with Crippen LogP contribution < -0.4 is 9.80 Å². The number of aromatic amines is 1. The summed E-state index contributed by atoms with van der Waals surface area (Å²) in [7, 11) is 8.25. The summed E-state index contributed by atoms with van der Waals surface area (Å²) in [5, 5.41) is 21.3. The second-order valence-corrected chi connectivity index (χ2v) is 9.94. The van der Waals surface area contributed by atoms with Crippen molar-refractivity contribution in [3.63, 3.8) is 0 Å². The van der Waals surface area contributed by atoms with Crippen molar-refractivity contribution in [3.8, 4) is 0 Å². The lowest BCUT2D eigenvalue weighted by atomic mass is 9.68. The Morgan fingerprint density at radius 1 is 0.941 bits per heavy atom. The molecule has 0 saturated heterocycles. The van der Waals surface area contributed by atoms with E-state index in [1.807, 2.05) is 0 Å². The molecule has 0 unspecified atom stereocenters. The van der Waals surface area contributed by atoms with Crippen molar-refractivity contribution in [2.45, 2.75) is 31.1 Å². The molecule has 1 saturated carbocycles. The Morgan fingerprint density at radius 3 is 1.94 bits per heavy atom. The standard InChI is InChI=1S/C28H33N5O/c1-32(2)22-12-8-20(9-13-22)28(21-10-14-23(15-11-21)33(3)4)17-16-24-25(18-28)29-30-27(24)26(31-34)19-6-5-7-19/h8-17,19,34H,5-7,18H2,1-4H3,(H,29,30)/b31-26+. The molecule has 176 valence electrons. The largest absolute Gasteiger partial charge is 0.411 e. The predicted molar refractivity (Wildman–Crippen MR) is 139 cm³/mol. The minimum absolute atomic E-state index is 0.301. The predicted octanol–water partition coefficient (Wildman–Crippen LogP) is 5.08. The van der Waals surface area contributed by atoms with Crippen molar-refractivity contribution in [3.05, 3.63) is 82.7 Å². The van der Waals surface area contributed by atoms with Gasteiger partial charge in [-0.25, -0.2) is 0 Å². The molecule has 0 aliphatic heterocycles. The van der Waals surface area contributed by atoms with Crippen LogP contribution in [0, 0.1) is 5.92 Å². The zero-order chi connectivity index (χ0) is 23.9. The molecule has 2 N–H and O–H groups in total. The molecule has 34 heavy (non-hydrogen) atoms. The van der Waals surface area contributed by atoms with Crippen LogP contribution in [-0.2, 0) is 11.8 Å². The number of oxime groups is 1. The van der Waals surface area contributed by atoms with Gasteiger partial charge in [-0.05, 0) is 48.2 Å². The van der Waals surface area contributed by atoms with E-state index in [0.717, 1.165) is 36.2 Å². The monoisotopic (exact) mass is 455 g/mol. The Hall–Kier alpha value is -3.54. The molecule has 0 amide bonds. The summed E-state index contributed by atoms with van der Waals surface area (Å²) in [5.41, 5.74) is 8.14. The van der Waals surface area contributed by atoms with Crippen LogP contribution in [0.3, 0.4) is 0 Å². The van der Waals surface area contributed by atoms with Crippen LogP contribution in [-0.4, -0.2) is 49.3 Å². The highest BCUT2D eigenvalue weighted by atomic mass is 16.4. The van der Waals surface area contributed by atoms with Crippen LogP contribution in [0.2, 0.25) is 0 Å². The first-order valence-corrected chi connectivity index (χ1v) is 12.0. The molecular weight excluding hydrogens is 422 g/mol. The van der Waals surface area contributed by atoms with Crippen LogP contribution in [0.4, 0.5) is 11.4 Å². The zero-order valence-electron chi connectivity index (χ0n) is 20.4. The van der Waals surface area contributed by atoms with E-state index in [1.165, 1.54) is 28.9 Å². The van der Waals surface area contributed by atoms with Gasteiger partial charge in [0.1, 0.15) is 11.4 Å². The van der Waals surface area contributed by atoms with Crippen molar-refractivity contribution in [1.29, 1.82) is 0 Å². The van der Waals surface area contributed by atoms with Gasteiger partial charge < -0.3 is 15.0 Å². The highest BCUT2D eigenvalue weighted by Gasteiger charge is 2.38.